The molecule has 24 heavy (non-hydrogen) atoms. The zero-order chi connectivity index (χ0) is 17.6. The minimum absolute atomic E-state index is 0.152. The highest BCUT2D eigenvalue weighted by atomic mass is 16.2. The van der Waals surface area contributed by atoms with Gasteiger partial charge in [0, 0.05) is 30.3 Å². The first kappa shape index (κ1) is 17.5. The molecular weight excluding hydrogens is 302 g/mol. The van der Waals surface area contributed by atoms with Gasteiger partial charge in [-0.15, -0.1) is 0 Å². The Kier molecular flexibility index (Phi) is 5.58. The number of anilines is 2. The second kappa shape index (κ2) is 7.64. The van der Waals surface area contributed by atoms with Crippen molar-refractivity contribution in [2.45, 2.75) is 26.2 Å². The van der Waals surface area contributed by atoms with Crippen molar-refractivity contribution < 1.29 is 9.59 Å². The van der Waals surface area contributed by atoms with Crippen LogP contribution in [0.2, 0.25) is 0 Å². The summed E-state index contributed by atoms with van der Waals surface area (Å²) >= 11 is 0. The van der Waals surface area contributed by atoms with Crippen LogP contribution in [-0.4, -0.2) is 18.5 Å². The number of rotatable bonds is 5. The molecule has 3 amide bonds. The summed E-state index contributed by atoms with van der Waals surface area (Å²) in [7, 11) is 0. The van der Waals surface area contributed by atoms with Crippen LogP contribution in [0.4, 0.5) is 16.2 Å². The average molecular weight is 325 g/mol. The zero-order valence-corrected chi connectivity index (χ0v) is 14.2. The van der Waals surface area contributed by atoms with Crippen LogP contribution in [0.1, 0.15) is 26.3 Å². The van der Waals surface area contributed by atoms with E-state index in [2.05, 4.69) is 41.9 Å². The largest absolute Gasteiger partial charge is 0.337 e. The molecule has 0 aliphatic carbocycles. The number of nitrogens with one attached hydrogen (secondary N) is 3. The maximum atomic E-state index is 12.1. The van der Waals surface area contributed by atoms with Gasteiger partial charge in [0.15, 0.2) is 0 Å². The molecule has 0 aliphatic rings. The molecule has 0 saturated carbocycles. The van der Waals surface area contributed by atoms with E-state index in [4.69, 9.17) is 0 Å². The molecule has 0 spiro atoms. The normalized spacial score (nSPS) is 10.8. The Hall–Kier alpha value is -2.82. The van der Waals surface area contributed by atoms with Crippen LogP contribution >= 0.6 is 0 Å². The summed E-state index contributed by atoms with van der Waals surface area (Å²) in [5.74, 6) is -0.152. The number of carbonyl (C=O) groups is 2. The fourth-order valence-electron chi connectivity index (χ4n) is 2.35. The lowest BCUT2D eigenvalue weighted by Crippen LogP contribution is -2.38. The second-order valence-corrected chi connectivity index (χ2v) is 6.32. The fraction of sp³-hybridized carbons (Fsp3) is 0.263. The molecule has 5 heteroatoms. The van der Waals surface area contributed by atoms with Gasteiger partial charge in [0.05, 0.1) is 0 Å². The highest BCUT2D eigenvalue weighted by molar-refractivity contribution is 5.92. The lowest BCUT2D eigenvalue weighted by atomic mass is 9.85. The minimum atomic E-state index is -0.279. The zero-order valence-electron chi connectivity index (χ0n) is 14.2. The Morgan fingerprint density at radius 3 is 2.17 bits per heavy atom. The van der Waals surface area contributed by atoms with E-state index in [1.165, 1.54) is 6.92 Å². The number of amides is 3. The quantitative estimate of drug-likeness (QED) is 0.783. The topological polar surface area (TPSA) is 70.2 Å². The van der Waals surface area contributed by atoms with Gasteiger partial charge in [-0.3, -0.25) is 4.79 Å². The first-order chi connectivity index (χ1) is 11.4. The van der Waals surface area contributed by atoms with E-state index >= 15 is 0 Å². The number of benzene rings is 2. The van der Waals surface area contributed by atoms with Gasteiger partial charge in [-0.1, -0.05) is 50.2 Å². The summed E-state index contributed by atoms with van der Waals surface area (Å²) < 4.78 is 0. The fourth-order valence-corrected chi connectivity index (χ4v) is 2.35. The van der Waals surface area contributed by atoms with Crippen LogP contribution in [0, 0.1) is 0 Å². The van der Waals surface area contributed by atoms with Crippen LogP contribution in [-0.2, 0) is 10.2 Å². The SMILES string of the molecule is CC(=O)Nc1cccc(NC(=O)NCC(C)(C)c2ccccc2)c1. The Morgan fingerprint density at radius 2 is 1.54 bits per heavy atom. The summed E-state index contributed by atoms with van der Waals surface area (Å²) in [5, 5.41) is 8.36. The summed E-state index contributed by atoms with van der Waals surface area (Å²) in [4.78, 5) is 23.2. The summed E-state index contributed by atoms with van der Waals surface area (Å²) in [6, 6.07) is 16.8. The summed E-state index contributed by atoms with van der Waals surface area (Å²) in [6.07, 6.45) is 0. The summed E-state index contributed by atoms with van der Waals surface area (Å²) in [6.45, 7) is 6.12. The molecule has 0 fully saturated rings. The molecule has 3 N–H and O–H groups in total. The Balaban J connectivity index is 1.93. The van der Waals surface area contributed by atoms with Gasteiger partial charge in [0.2, 0.25) is 5.91 Å². The lowest BCUT2D eigenvalue weighted by Gasteiger charge is -2.25. The molecule has 2 rings (SSSR count). The molecule has 2 aromatic carbocycles. The highest BCUT2D eigenvalue weighted by Crippen LogP contribution is 2.21. The minimum Gasteiger partial charge on any atom is -0.337 e. The van der Waals surface area contributed by atoms with E-state index in [-0.39, 0.29) is 17.4 Å². The predicted octanol–water partition coefficient (Wildman–Crippen LogP) is 3.74. The van der Waals surface area contributed by atoms with Crippen molar-refractivity contribution in [3.63, 3.8) is 0 Å². The van der Waals surface area contributed by atoms with Crippen LogP contribution < -0.4 is 16.0 Å². The van der Waals surface area contributed by atoms with E-state index in [0.29, 0.717) is 17.9 Å². The number of hydrogen-bond donors (Lipinski definition) is 3. The van der Waals surface area contributed by atoms with Gasteiger partial charge in [-0.2, -0.15) is 0 Å². The van der Waals surface area contributed by atoms with Crippen LogP contribution in [0.3, 0.4) is 0 Å². The average Bonchev–Trinajstić information content (AvgIpc) is 2.54. The number of carbonyl (C=O) groups excluding carboxylic acids is 2. The monoisotopic (exact) mass is 325 g/mol. The van der Waals surface area contributed by atoms with Crippen molar-refractivity contribution in [2.24, 2.45) is 0 Å². The van der Waals surface area contributed by atoms with Crippen molar-refractivity contribution >= 4 is 23.3 Å². The Morgan fingerprint density at radius 1 is 0.917 bits per heavy atom. The molecule has 0 bridgehead atoms. The van der Waals surface area contributed by atoms with Crippen molar-refractivity contribution in [2.75, 3.05) is 17.2 Å². The van der Waals surface area contributed by atoms with Crippen molar-refractivity contribution in [1.29, 1.82) is 0 Å². The maximum Gasteiger partial charge on any atom is 0.319 e. The molecule has 2 aromatic rings. The number of hydrogen-bond acceptors (Lipinski definition) is 2. The van der Waals surface area contributed by atoms with Crippen LogP contribution in [0.5, 0.6) is 0 Å². The van der Waals surface area contributed by atoms with Gasteiger partial charge >= 0.3 is 6.03 Å². The first-order valence-electron chi connectivity index (χ1n) is 7.85. The van der Waals surface area contributed by atoms with E-state index in [9.17, 15) is 9.59 Å². The lowest BCUT2D eigenvalue weighted by molar-refractivity contribution is -0.114. The third-order valence-electron chi connectivity index (χ3n) is 3.69. The Labute approximate surface area is 142 Å². The molecule has 126 valence electrons. The number of urea groups is 1. The molecule has 0 heterocycles. The molecule has 0 aliphatic heterocycles. The predicted molar refractivity (Wildman–Crippen MR) is 97.2 cm³/mol. The van der Waals surface area contributed by atoms with E-state index in [1.54, 1.807) is 24.3 Å². The van der Waals surface area contributed by atoms with E-state index in [0.717, 1.165) is 5.56 Å². The van der Waals surface area contributed by atoms with Gasteiger partial charge < -0.3 is 16.0 Å². The van der Waals surface area contributed by atoms with Gasteiger partial charge in [0.25, 0.3) is 0 Å². The molecule has 0 aromatic heterocycles. The molecule has 0 saturated heterocycles. The third kappa shape index (κ3) is 5.12. The highest BCUT2D eigenvalue weighted by Gasteiger charge is 2.21. The molecule has 0 radical (unpaired) electrons. The van der Waals surface area contributed by atoms with Gasteiger partial charge in [-0.05, 0) is 23.8 Å². The van der Waals surface area contributed by atoms with Crippen LogP contribution in [0.15, 0.2) is 54.6 Å². The molecule has 0 atom stereocenters. The first-order valence-corrected chi connectivity index (χ1v) is 7.85. The standard InChI is InChI=1S/C19H23N3O2/c1-14(23)21-16-10-7-11-17(12-16)22-18(24)20-13-19(2,3)15-8-5-4-6-9-15/h4-12H,13H2,1-3H3,(H,21,23)(H2,20,22,24). The van der Waals surface area contributed by atoms with Crippen molar-refractivity contribution in [3.8, 4) is 0 Å². The van der Waals surface area contributed by atoms with Gasteiger partial charge in [-0.25, -0.2) is 4.79 Å². The van der Waals surface area contributed by atoms with E-state index in [1.807, 2.05) is 18.2 Å². The maximum absolute atomic E-state index is 12.1. The molecule has 0 unspecified atom stereocenters. The van der Waals surface area contributed by atoms with Crippen molar-refractivity contribution in [3.05, 3.63) is 60.2 Å². The Bertz CT molecular complexity index is 712. The van der Waals surface area contributed by atoms with E-state index < -0.39 is 0 Å². The third-order valence-corrected chi connectivity index (χ3v) is 3.69. The second-order valence-electron chi connectivity index (χ2n) is 6.32. The molecule has 5 nitrogen and oxygen atoms in total. The smallest absolute Gasteiger partial charge is 0.319 e. The summed E-state index contributed by atoms with van der Waals surface area (Å²) in [5.41, 5.74) is 2.26. The molecular formula is C19H23N3O2. The van der Waals surface area contributed by atoms with Gasteiger partial charge in [0.1, 0.15) is 0 Å². The van der Waals surface area contributed by atoms with Crippen molar-refractivity contribution in [1.82, 2.24) is 5.32 Å². The van der Waals surface area contributed by atoms with Crippen LogP contribution in [0.25, 0.3) is 0 Å².